The lowest BCUT2D eigenvalue weighted by Crippen LogP contribution is -2.47. The molecule has 0 spiro atoms. The Bertz CT molecular complexity index is 402. The lowest BCUT2D eigenvalue weighted by Gasteiger charge is -2.35. The van der Waals surface area contributed by atoms with Crippen LogP contribution in [-0.4, -0.2) is 59.2 Å². The maximum absolute atomic E-state index is 11.8. The highest BCUT2D eigenvalue weighted by atomic mass is 16.5. The van der Waals surface area contributed by atoms with E-state index in [1.165, 1.54) is 12.4 Å². The normalized spacial score (nSPS) is 24.1. The fourth-order valence-electron chi connectivity index (χ4n) is 2.30. The molecular weight excluding hydrogens is 244 g/mol. The van der Waals surface area contributed by atoms with Gasteiger partial charge in [-0.15, -0.1) is 0 Å². The number of aromatic nitrogens is 2. The van der Waals surface area contributed by atoms with Crippen LogP contribution in [0.3, 0.4) is 0 Å². The molecule has 6 nitrogen and oxygen atoms in total. The van der Waals surface area contributed by atoms with E-state index in [0.717, 1.165) is 19.6 Å². The summed E-state index contributed by atoms with van der Waals surface area (Å²) in [6, 6.07) is 0. The second-order valence-electron chi connectivity index (χ2n) is 4.86. The van der Waals surface area contributed by atoms with Gasteiger partial charge in [-0.3, -0.25) is 14.7 Å². The lowest BCUT2D eigenvalue weighted by atomic mass is 10.2. The summed E-state index contributed by atoms with van der Waals surface area (Å²) in [4.78, 5) is 21.9. The average molecular weight is 264 g/mol. The summed E-state index contributed by atoms with van der Waals surface area (Å²) >= 11 is 0. The molecule has 1 aliphatic rings. The Morgan fingerprint density at radius 2 is 2.16 bits per heavy atom. The van der Waals surface area contributed by atoms with Crippen LogP contribution in [0.5, 0.6) is 0 Å². The molecule has 1 aromatic rings. The lowest BCUT2D eigenvalue weighted by molar-refractivity contribution is -0.0672. The zero-order chi connectivity index (χ0) is 13.7. The molecule has 19 heavy (non-hydrogen) atoms. The summed E-state index contributed by atoms with van der Waals surface area (Å²) in [5, 5.41) is 2.85. The molecular formula is C13H20N4O2. The summed E-state index contributed by atoms with van der Waals surface area (Å²) in [6.07, 6.45) is 5.03. The number of ether oxygens (including phenoxy) is 1. The number of nitrogens with zero attached hydrogens (tertiary/aromatic N) is 3. The van der Waals surface area contributed by atoms with Crippen molar-refractivity contribution in [2.45, 2.75) is 26.1 Å². The Kier molecular flexibility index (Phi) is 4.81. The fraction of sp³-hybridized carbons (Fsp3) is 0.615. The minimum Gasteiger partial charge on any atom is -0.373 e. The summed E-state index contributed by atoms with van der Waals surface area (Å²) in [5.74, 6) is -0.178. The molecule has 2 atom stereocenters. The van der Waals surface area contributed by atoms with Gasteiger partial charge in [-0.25, -0.2) is 4.98 Å². The van der Waals surface area contributed by atoms with Crippen LogP contribution in [0.25, 0.3) is 0 Å². The van der Waals surface area contributed by atoms with Crippen molar-refractivity contribution in [3.05, 3.63) is 24.3 Å². The Morgan fingerprint density at radius 1 is 1.42 bits per heavy atom. The molecule has 6 heteroatoms. The number of hydrogen-bond donors (Lipinski definition) is 1. The van der Waals surface area contributed by atoms with Crippen LogP contribution in [0.4, 0.5) is 0 Å². The monoisotopic (exact) mass is 264 g/mol. The van der Waals surface area contributed by atoms with E-state index >= 15 is 0 Å². The number of nitrogens with one attached hydrogen (secondary N) is 1. The molecule has 1 amide bonds. The van der Waals surface area contributed by atoms with Crippen LogP contribution in [0.1, 0.15) is 24.3 Å². The van der Waals surface area contributed by atoms with Gasteiger partial charge in [0, 0.05) is 38.6 Å². The fourth-order valence-corrected chi connectivity index (χ4v) is 2.30. The number of hydrogen-bond acceptors (Lipinski definition) is 5. The maximum atomic E-state index is 11.8. The van der Waals surface area contributed by atoms with E-state index in [2.05, 4.69) is 34.0 Å². The first-order chi connectivity index (χ1) is 9.15. The molecule has 0 radical (unpaired) electrons. The topological polar surface area (TPSA) is 67.4 Å². The van der Waals surface area contributed by atoms with Gasteiger partial charge in [-0.2, -0.15) is 0 Å². The SMILES string of the molecule is C[C@@H]1CN(CCNC(=O)c2cnccn2)C[C@@H](C)O1. The summed E-state index contributed by atoms with van der Waals surface area (Å²) in [6.45, 7) is 7.39. The number of carbonyl (C=O) groups excluding carboxylic acids is 1. The van der Waals surface area contributed by atoms with Crippen molar-refractivity contribution in [2.24, 2.45) is 0 Å². The minimum atomic E-state index is -0.178. The first-order valence-electron chi connectivity index (χ1n) is 6.57. The van der Waals surface area contributed by atoms with E-state index in [1.54, 1.807) is 6.20 Å². The van der Waals surface area contributed by atoms with Gasteiger partial charge >= 0.3 is 0 Å². The van der Waals surface area contributed by atoms with Crippen molar-refractivity contribution in [1.82, 2.24) is 20.2 Å². The molecule has 1 aliphatic heterocycles. The van der Waals surface area contributed by atoms with Crippen molar-refractivity contribution in [1.29, 1.82) is 0 Å². The molecule has 1 N–H and O–H groups in total. The molecule has 104 valence electrons. The van der Waals surface area contributed by atoms with E-state index in [0.29, 0.717) is 12.2 Å². The predicted molar refractivity (Wildman–Crippen MR) is 70.8 cm³/mol. The van der Waals surface area contributed by atoms with E-state index < -0.39 is 0 Å². The van der Waals surface area contributed by atoms with Crippen LogP contribution in [-0.2, 0) is 4.74 Å². The Labute approximate surface area is 113 Å². The zero-order valence-electron chi connectivity index (χ0n) is 11.4. The Hall–Kier alpha value is -1.53. The maximum Gasteiger partial charge on any atom is 0.271 e. The van der Waals surface area contributed by atoms with Gasteiger partial charge in [0.15, 0.2) is 0 Å². The van der Waals surface area contributed by atoms with Crippen LogP contribution in [0.15, 0.2) is 18.6 Å². The van der Waals surface area contributed by atoms with Crippen molar-refractivity contribution in [2.75, 3.05) is 26.2 Å². The van der Waals surface area contributed by atoms with Gasteiger partial charge in [0.1, 0.15) is 5.69 Å². The van der Waals surface area contributed by atoms with Gasteiger partial charge in [-0.1, -0.05) is 0 Å². The molecule has 1 saturated heterocycles. The van der Waals surface area contributed by atoms with Gasteiger partial charge in [0.05, 0.1) is 18.4 Å². The third kappa shape index (κ3) is 4.25. The summed E-state index contributed by atoms with van der Waals surface area (Å²) < 4.78 is 5.67. The summed E-state index contributed by atoms with van der Waals surface area (Å²) in [7, 11) is 0. The molecule has 0 aromatic carbocycles. The number of amides is 1. The molecule has 1 fully saturated rings. The standard InChI is InChI=1S/C13H20N4O2/c1-10-8-17(9-11(2)19-10)6-5-16-13(18)12-7-14-3-4-15-12/h3-4,7,10-11H,5-6,8-9H2,1-2H3,(H,16,18)/t10-,11-/m1/s1. The van der Waals surface area contributed by atoms with Gasteiger partial charge < -0.3 is 10.1 Å². The van der Waals surface area contributed by atoms with Gasteiger partial charge in [0.2, 0.25) is 0 Å². The predicted octanol–water partition coefficient (Wildman–Crippen LogP) is 0.316. The van der Waals surface area contributed by atoms with Crippen LogP contribution in [0.2, 0.25) is 0 Å². The highest BCUT2D eigenvalue weighted by Crippen LogP contribution is 2.09. The van der Waals surface area contributed by atoms with Crippen LogP contribution < -0.4 is 5.32 Å². The van der Waals surface area contributed by atoms with Gasteiger partial charge in [-0.05, 0) is 13.8 Å². The van der Waals surface area contributed by atoms with E-state index in [-0.39, 0.29) is 18.1 Å². The molecule has 2 rings (SSSR count). The van der Waals surface area contributed by atoms with E-state index in [1.807, 2.05) is 0 Å². The molecule has 0 unspecified atom stereocenters. The molecule has 2 heterocycles. The smallest absolute Gasteiger partial charge is 0.271 e. The molecule has 0 bridgehead atoms. The third-order valence-electron chi connectivity index (χ3n) is 3.00. The van der Waals surface area contributed by atoms with E-state index in [9.17, 15) is 4.79 Å². The highest BCUT2D eigenvalue weighted by molar-refractivity contribution is 5.91. The van der Waals surface area contributed by atoms with E-state index in [4.69, 9.17) is 4.74 Å². The number of carbonyl (C=O) groups is 1. The zero-order valence-corrected chi connectivity index (χ0v) is 11.4. The molecule has 0 aliphatic carbocycles. The Morgan fingerprint density at radius 3 is 2.79 bits per heavy atom. The average Bonchev–Trinajstić information content (AvgIpc) is 2.38. The molecule has 1 aromatic heterocycles. The van der Waals surface area contributed by atoms with Crippen molar-refractivity contribution in [3.63, 3.8) is 0 Å². The largest absolute Gasteiger partial charge is 0.373 e. The van der Waals surface area contributed by atoms with Crippen molar-refractivity contribution in [3.8, 4) is 0 Å². The minimum absolute atomic E-state index is 0.178. The van der Waals surface area contributed by atoms with Crippen LogP contribution in [0, 0.1) is 0 Å². The number of rotatable bonds is 4. The molecule has 0 saturated carbocycles. The first kappa shape index (κ1) is 13.9. The van der Waals surface area contributed by atoms with Crippen molar-refractivity contribution >= 4 is 5.91 Å². The van der Waals surface area contributed by atoms with Crippen molar-refractivity contribution < 1.29 is 9.53 Å². The van der Waals surface area contributed by atoms with Crippen LogP contribution >= 0.6 is 0 Å². The highest BCUT2D eigenvalue weighted by Gasteiger charge is 2.21. The second-order valence-corrected chi connectivity index (χ2v) is 4.86. The third-order valence-corrected chi connectivity index (χ3v) is 3.00. The number of morpholine rings is 1. The summed E-state index contributed by atoms with van der Waals surface area (Å²) in [5.41, 5.74) is 0.353. The van der Waals surface area contributed by atoms with Gasteiger partial charge in [0.25, 0.3) is 5.91 Å². The quantitative estimate of drug-likeness (QED) is 0.848. The second kappa shape index (κ2) is 6.58. The Balaban J connectivity index is 1.73. The first-order valence-corrected chi connectivity index (χ1v) is 6.57.